The minimum Gasteiger partial charge on any atom is -0.248 e. The minimum absolute atomic E-state index is 0.649. The van der Waals surface area contributed by atoms with E-state index in [1.165, 1.54) is 0 Å². The maximum absolute atomic E-state index is 12.7. The van der Waals surface area contributed by atoms with Gasteiger partial charge in [0.1, 0.15) is 9.90 Å². The summed E-state index contributed by atoms with van der Waals surface area (Å²) in [5, 5.41) is 4.77. The summed E-state index contributed by atoms with van der Waals surface area (Å²) in [5.41, 5.74) is 2.65. The van der Waals surface area contributed by atoms with Gasteiger partial charge in [-0.05, 0) is 42.7 Å². The van der Waals surface area contributed by atoms with E-state index in [0.717, 1.165) is 27.6 Å². The van der Waals surface area contributed by atoms with Crippen LogP contribution in [0.1, 0.15) is 5.56 Å². The van der Waals surface area contributed by atoms with Crippen LogP contribution in [0.2, 0.25) is 5.02 Å². The molecule has 3 aromatic rings. The molecule has 1 heterocycles. The van der Waals surface area contributed by atoms with Gasteiger partial charge < -0.3 is 0 Å². The molecule has 0 fully saturated rings. The Kier molecular flexibility index (Phi) is 4.14. The van der Waals surface area contributed by atoms with Crippen LogP contribution in [-0.2, 0) is 10.8 Å². The van der Waals surface area contributed by atoms with Gasteiger partial charge in [-0.3, -0.25) is 0 Å². The van der Waals surface area contributed by atoms with E-state index in [4.69, 9.17) is 11.6 Å². The first-order chi connectivity index (χ1) is 10.1. The number of aryl methyl sites for hydroxylation is 1. The van der Waals surface area contributed by atoms with Gasteiger partial charge in [-0.1, -0.05) is 45.9 Å². The predicted molar refractivity (Wildman–Crippen MR) is 86.2 cm³/mol. The molecule has 21 heavy (non-hydrogen) atoms. The fraction of sp³-hybridized carbons (Fsp3) is 0.0667. The van der Waals surface area contributed by atoms with Crippen molar-refractivity contribution < 1.29 is 4.21 Å². The fourth-order valence-electron chi connectivity index (χ4n) is 1.86. The van der Waals surface area contributed by atoms with Crippen LogP contribution in [0, 0.1) is 6.92 Å². The van der Waals surface area contributed by atoms with E-state index in [1.807, 2.05) is 43.3 Å². The van der Waals surface area contributed by atoms with Crippen LogP contribution < -0.4 is 0 Å². The van der Waals surface area contributed by atoms with E-state index in [0.29, 0.717) is 14.9 Å². The summed E-state index contributed by atoms with van der Waals surface area (Å²) in [7, 11) is -1.28. The molecule has 0 bridgehead atoms. The van der Waals surface area contributed by atoms with Crippen molar-refractivity contribution >= 4 is 33.9 Å². The molecule has 0 aliphatic rings. The number of hydrogen-bond acceptors (Lipinski definition) is 4. The predicted octanol–water partition coefficient (Wildman–Crippen LogP) is 4.33. The van der Waals surface area contributed by atoms with Gasteiger partial charge in [0.2, 0.25) is 0 Å². The van der Waals surface area contributed by atoms with Crippen LogP contribution in [0.3, 0.4) is 0 Å². The third-order valence-electron chi connectivity index (χ3n) is 2.98. The lowest BCUT2D eigenvalue weighted by molar-refractivity contribution is 0.684. The van der Waals surface area contributed by atoms with Crippen molar-refractivity contribution in [2.75, 3.05) is 0 Å². The highest BCUT2D eigenvalue weighted by molar-refractivity contribution is 7.87. The number of hydrogen-bond donors (Lipinski definition) is 0. The van der Waals surface area contributed by atoms with E-state index in [2.05, 4.69) is 9.59 Å². The number of nitrogens with zero attached hydrogens (tertiary/aromatic N) is 2. The first-order valence-corrected chi connectivity index (χ1v) is 8.52. The van der Waals surface area contributed by atoms with Gasteiger partial charge in [0.25, 0.3) is 0 Å². The lowest BCUT2D eigenvalue weighted by Crippen LogP contribution is -1.93. The summed E-state index contributed by atoms with van der Waals surface area (Å²) in [6, 6.07) is 14.9. The van der Waals surface area contributed by atoms with Gasteiger partial charge in [0.05, 0.1) is 10.8 Å². The van der Waals surface area contributed by atoms with Crippen LogP contribution in [0.25, 0.3) is 11.3 Å². The third kappa shape index (κ3) is 3.05. The lowest BCUT2D eigenvalue weighted by atomic mass is 10.2. The Balaban J connectivity index is 2.00. The Hall–Kier alpha value is -1.56. The molecule has 0 saturated carbocycles. The van der Waals surface area contributed by atoms with Crippen molar-refractivity contribution in [2.24, 2.45) is 0 Å². The van der Waals surface area contributed by atoms with E-state index in [1.54, 1.807) is 12.1 Å². The Morgan fingerprint density at radius 1 is 1.05 bits per heavy atom. The largest absolute Gasteiger partial charge is 0.248 e. The molecule has 0 spiro atoms. The fourth-order valence-corrected chi connectivity index (χ4v) is 4.02. The molecule has 6 heteroatoms. The summed E-state index contributed by atoms with van der Waals surface area (Å²) >= 11 is 7.05. The quantitative estimate of drug-likeness (QED) is 0.715. The second-order valence-electron chi connectivity index (χ2n) is 4.50. The summed E-state index contributed by atoms with van der Waals surface area (Å²) in [4.78, 5) is 0.752. The Labute approximate surface area is 134 Å². The molecule has 3 rings (SSSR count). The zero-order chi connectivity index (χ0) is 14.8. The summed E-state index contributed by atoms with van der Waals surface area (Å²) in [5.74, 6) is 0. The monoisotopic (exact) mass is 334 g/mol. The summed E-state index contributed by atoms with van der Waals surface area (Å²) < 4.78 is 17.3. The Bertz CT molecular complexity index is 782. The standard InChI is InChI=1S/C15H11ClN2OS2/c1-10-2-8-13(9-3-10)21(19)15-14(17-18-20-15)11-4-6-12(16)7-5-11/h2-9H,1H3. The van der Waals surface area contributed by atoms with Crippen molar-refractivity contribution in [3.8, 4) is 11.3 Å². The average molecular weight is 335 g/mol. The zero-order valence-corrected chi connectivity index (χ0v) is 13.5. The second-order valence-corrected chi connectivity index (χ2v) is 7.36. The van der Waals surface area contributed by atoms with E-state index in [-0.39, 0.29) is 0 Å². The van der Waals surface area contributed by atoms with Crippen LogP contribution in [0.5, 0.6) is 0 Å². The van der Waals surface area contributed by atoms with E-state index in [9.17, 15) is 4.21 Å². The zero-order valence-electron chi connectivity index (χ0n) is 11.1. The maximum Gasteiger partial charge on any atom is 0.145 e. The molecule has 0 N–H and O–H groups in total. The maximum atomic E-state index is 12.7. The molecular formula is C15H11ClN2OS2. The molecule has 0 aliphatic heterocycles. The van der Waals surface area contributed by atoms with Crippen LogP contribution in [0.4, 0.5) is 0 Å². The highest BCUT2D eigenvalue weighted by Crippen LogP contribution is 2.30. The molecule has 1 aromatic heterocycles. The first-order valence-electron chi connectivity index (χ1n) is 6.22. The number of benzene rings is 2. The SMILES string of the molecule is Cc1ccc(S(=O)c2snnc2-c2ccc(Cl)cc2)cc1. The lowest BCUT2D eigenvalue weighted by Gasteiger charge is -2.03. The Morgan fingerprint density at radius 3 is 2.38 bits per heavy atom. The smallest absolute Gasteiger partial charge is 0.145 e. The van der Waals surface area contributed by atoms with E-state index < -0.39 is 10.8 Å². The van der Waals surface area contributed by atoms with Crippen molar-refractivity contribution in [1.29, 1.82) is 0 Å². The van der Waals surface area contributed by atoms with Gasteiger partial charge in [0, 0.05) is 15.5 Å². The van der Waals surface area contributed by atoms with E-state index >= 15 is 0 Å². The molecule has 0 aliphatic carbocycles. The molecule has 106 valence electrons. The Morgan fingerprint density at radius 2 is 1.71 bits per heavy atom. The number of halogens is 1. The van der Waals surface area contributed by atoms with Gasteiger partial charge in [0.15, 0.2) is 0 Å². The average Bonchev–Trinajstić information content (AvgIpc) is 2.97. The number of aromatic nitrogens is 2. The molecule has 1 atom stereocenters. The van der Waals surface area contributed by atoms with Crippen molar-refractivity contribution in [2.45, 2.75) is 16.0 Å². The molecule has 0 saturated heterocycles. The molecule has 2 aromatic carbocycles. The van der Waals surface area contributed by atoms with Crippen LogP contribution in [0.15, 0.2) is 57.6 Å². The van der Waals surface area contributed by atoms with Crippen molar-refractivity contribution in [3.63, 3.8) is 0 Å². The number of rotatable bonds is 3. The summed E-state index contributed by atoms with van der Waals surface area (Å²) in [6.07, 6.45) is 0. The minimum atomic E-state index is -1.28. The van der Waals surface area contributed by atoms with Gasteiger partial charge in [-0.2, -0.15) is 0 Å². The van der Waals surface area contributed by atoms with Gasteiger partial charge >= 0.3 is 0 Å². The van der Waals surface area contributed by atoms with Crippen LogP contribution in [-0.4, -0.2) is 13.8 Å². The molecule has 1 unspecified atom stereocenters. The molecule has 0 radical (unpaired) electrons. The normalized spacial score (nSPS) is 12.3. The van der Waals surface area contributed by atoms with Gasteiger partial charge in [-0.15, -0.1) is 5.10 Å². The second kappa shape index (κ2) is 6.05. The van der Waals surface area contributed by atoms with Crippen molar-refractivity contribution in [3.05, 3.63) is 59.1 Å². The first kappa shape index (κ1) is 14.4. The van der Waals surface area contributed by atoms with Crippen LogP contribution >= 0.6 is 23.1 Å². The highest BCUT2D eigenvalue weighted by atomic mass is 35.5. The molecular weight excluding hydrogens is 324 g/mol. The van der Waals surface area contributed by atoms with Gasteiger partial charge in [-0.25, -0.2) is 4.21 Å². The highest BCUT2D eigenvalue weighted by Gasteiger charge is 2.18. The summed E-state index contributed by atoms with van der Waals surface area (Å²) in [6.45, 7) is 2.00. The molecule has 0 amide bonds. The molecule has 3 nitrogen and oxygen atoms in total. The van der Waals surface area contributed by atoms with Crippen molar-refractivity contribution in [1.82, 2.24) is 9.59 Å². The third-order valence-corrected chi connectivity index (χ3v) is 5.66. The topological polar surface area (TPSA) is 42.9 Å².